The van der Waals surface area contributed by atoms with E-state index in [1.807, 2.05) is 13.8 Å². The Labute approximate surface area is 212 Å². The number of nitrogens with one attached hydrogen (secondary N) is 3. The Hall–Kier alpha value is -4.68. The maximum Gasteiger partial charge on any atom is 0.340 e. The first-order valence-corrected chi connectivity index (χ1v) is 11.0. The fourth-order valence-electron chi connectivity index (χ4n) is 3.35. The van der Waals surface area contributed by atoms with E-state index in [1.165, 1.54) is 40.4 Å². The van der Waals surface area contributed by atoms with Gasteiger partial charge in [-0.05, 0) is 18.1 Å². The summed E-state index contributed by atoms with van der Waals surface area (Å²) in [7, 11) is 3.67. The minimum atomic E-state index is -0.786. The molecule has 0 aliphatic rings. The minimum Gasteiger partial charge on any atom is -0.495 e. The molecule has 0 spiro atoms. The van der Waals surface area contributed by atoms with E-state index in [4.69, 9.17) is 14.2 Å². The summed E-state index contributed by atoms with van der Waals surface area (Å²) >= 11 is 0. The molecule has 3 N–H and O–H groups in total. The van der Waals surface area contributed by atoms with Crippen molar-refractivity contribution in [1.29, 1.82) is 0 Å². The Kier molecular flexibility index (Phi) is 9.52. The number of rotatable bonds is 10. The van der Waals surface area contributed by atoms with E-state index in [0.717, 1.165) is 12.1 Å². The van der Waals surface area contributed by atoms with Gasteiger partial charge in [0.15, 0.2) is 5.75 Å². The first-order valence-electron chi connectivity index (χ1n) is 11.0. The number of nitro groups is 1. The standard InChI is InChI=1S/C24H28N4O9/c1-12(2)7-22(30)26-17-11-19(28(33)34)21(36-5)8-14(17)23(31)27-18-10-16(25-13(3)29)15(24(32)37-6)9-20(18)35-4/h8-12H,7H2,1-6H3,(H,25,29)(H,26,30)(H,27,31). The SMILES string of the molecule is COC(=O)c1cc(OC)c(NC(=O)c2cc(OC)c([N+](=O)[O-])cc2NC(=O)CC(C)C)cc1NC(C)=O. The summed E-state index contributed by atoms with van der Waals surface area (Å²) in [5.41, 5.74) is -0.622. The highest BCUT2D eigenvalue weighted by Gasteiger charge is 2.25. The van der Waals surface area contributed by atoms with Crippen molar-refractivity contribution in [3.8, 4) is 11.5 Å². The van der Waals surface area contributed by atoms with E-state index in [1.54, 1.807) is 0 Å². The first-order chi connectivity index (χ1) is 17.4. The van der Waals surface area contributed by atoms with Crippen LogP contribution in [0.25, 0.3) is 0 Å². The molecule has 0 unspecified atom stereocenters. The van der Waals surface area contributed by atoms with E-state index in [9.17, 15) is 29.3 Å². The van der Waals surface area contributed by atoms with Gasteiger partial charge >= 0.3 is 11.7 Å². The average Bonchev–Trinajstić information content (AvgIpc) is 2.82. The zero-order valence-electron chi connectivity index (χ0n) is 21.2. The van der Waals surface area contributed by atoms with E-state index in [0.29, 0.717) is 0 Å². The highest BCUT2D eigenvalue weighted by atomic mass is 16.6. The molecule has 0 saturated carbocycles. The van der Waals surface area contributed by atoms with Crippen LogP contribution in [0.1, 0.15) is 47.9 Å². The maximum absolute atomic E-state index is 13.3. The summed E-state index contributed by atoms with van der Waals surface area (Å²) in [4.78, 5) is 60.4. The number of nitro benzene ring substituents is 1. The fourth-order valence-corrected chi connectivity index (χ4v) is 3.35. The molecule has 0 radical (unpaired) electrons. The summed E-state index contributed by atoms with van der Waals surface area (Å²) in [6, 6.07) is 4.73. The third kappa shape index (κ3) is 7.16. The molecular formula is C24H28N4O9. The highest BCUT2D eigenvalue weighted by molar-refractivity contribution is 6.12. The van der Waals surface area contributed by atoms with E-state index < -0.39 is 34.3 Å². The summed E-state index contributed by atoms with van der Waals surface area (Å²) in [6.07, 6.45) is 0.115. The van der Waals surface area contributed by atoms with Crippen molar-refractivity contribution in [2.45, 2.75) is 27.2 Å². The van der Waals surface area contributed by atoms with Gasteiger partial charge in [-0.3, -0.25) is 24.5 Å². The molecule has 0 bridgehead atoms. The van der Waals surface area contributed by atoms with Crippen molar-refractivity contribution >= 4 is 46.4 Å². The number of amides is 3. The van der Waals surface area contributed by atoms with Gasteiger partial charge in [-0.15, -0.1) is 0 Å². The van der Waals surface area contributed by atoms with E-state index >= 15 is 0 Å². The van der Waals surface area contributed by atoms with Crippen molar-refractivity contribution in [1.82, 2.24) is 0 Å². The molecule has 0 fully saturated rings. The number of hydrogen-bond acceptors (Lipinski definition) is 9. The number of ether oxygens (including phenoxy) is 3. The third-order valence-electron chi connectivity index (χ3n) is 4.93. The lowest BCUT2D eigenvalue weighted by Crippen LogP contribution is -2.20. The summed E-state index contributed by atoms with van der Waals surface area (Å²) in [6.45, 7) is 4.88. The number of nitrogens with zero attached hydrogens (tertiary/aromatic N) is 1. The summed E-state index contributed by atoms with van der Waals surface area (Å²) in [5, 5.41) is 19.1. The topological polar surface area (TPSA) is 175 Å². The summed E-state index contributed by atoms with van der Waals surface area (Å²) < 4.78 is 15.1. The molecule has 0 heterocycles. The van der Waals surface area contributed by atoms with Gasteiger partial charge in [-0.2, -0.15) is 0 Å². The van der Waals surface area contributed by atoms with Crippen LogP contribution in [0, 0.1) is 16.0 Å². The number of anilines is 3. The van der Waals surface area contributed by atoms with Gasteiger partial charge < -0.3 is 30.2 Å². The molecule has 2 aromatic rings. The Balaban J connectivity index is 2.61. The van der Waals surface area contributed by atoms with E-state index in [-0.39, 0.29) is 52.0 Å². The van der Waals surface area contributed by atoms with Crippen LogP contribution in [-0.4, -0.2) is 49.9 Å². The predicted octanol–water partition coefficient (Wildman–Crippen LogP) is 3.59. The predicted molar refractivity (Wildman–Crippen MR) is 134 cm³/mol. The van der Waals surface area contributed by atoms with Crippen LogP contribution < -0.4 is 25.4 Å². The molecule has 0 aromatic heterocycles. The van der Waals surface area contributed by atoms with Gasteiger partial charge in [-0.25, -0.2) is 4.79 Å². The van der Waals surface area contributed by atoms with Gasteiger partial charge in [0.1, 0.15) is 5.75 Å². The van der Waals surface area contributed by atoms with Crippen LogP contribution in [0.2, 0.25) is 0 Å². The van der Waals surface area contributed by atoms with Crippen molar-refractivity contribution < 1.29 is 38.3 Å². The second-order valence-corrected chi connectivity index (χ2v) is 8.20. The molecule has 0 aliphatic carbocycles. The Bertz CT molecular complexity index is 1240. The Morgan fingerprint density at radius 1 is 0.865 bits per heavy atom. The molecule has 2 aromatic carbocycles. The van der Waals surface area contributed by atoms with Gasteiger partial charge in [0, 0.05) is 25.5 Å². The molecule has 2 rings (SSSR count). The number of carbonyl (C=O) groups excluding carboxylic acids is 4. The third-order valence-corrected chi connectivity index (χ3v) is 4.93. The lowest BCUT2D eigenvalue weighted by Gasteiger charge is -2.17. The monoisotopic (exact) mass is 516 g/mol. The van der Waals surface area contributed by atoms with Gasteiger partial charge in [0.25, 0.3) is 5.91 Å². The molecule has 0 atom stereocenters. The highest BCUT2D eigenvalue weighted by Crippen LogP contribution is 2.36. The molecular weight excluding hydrogens is 488 g/mol. The van der Waals surface area contributed by atoms with Crippen LogP contribution in [0.4, 0.5) is 22.7 Å². The number of hydrogen-bond donors (Lipinski definition) is 3. The number of esters is 1. The van der Waals surface area contributed by atoms with Crippen LogP contribution in [0.5, 0.6) is 11.5 Å². The normalized spacial score (nSPS) is 10.4. The second kappa shape index (κ2) is 12.3. The van der Waals surface area contributed by atoms with Gasteiger partial charge in [-0.1, -0.05) is 13.8 Å². The first kappa shape index (κ1) is 28.6. The van der Waals surface area contributed by atoms with Crippen molar-refractivity contribution in [2.24, 2.45) is 5.92 Å². The van der Waals surface area contributed by atoms with Crippen LogP contribution in [0.15, 0.2) is 24.3 Å². The molecule has 0 aliphatic heterocycles. The number of benzene rings is 2. The van der Waals surface area contributed by atoms with Crippen molar-refractivity contribution in [3.05, 3.63) is 45.5 Å². The molecule has 198 valence electrons. The van der Waals surface area contributed by atoms with Gasteiger partial charge in [0.05, 0.1) is 54.4 Å². The molecule has 13 heteroatoms. The fraction of sp³-hybridized carbons (Fsp3) is 0.333. The number of carbonyl (C=O) groups is 4. The quantitative estimate of drug-likeness (QED) is 0.242. The molecule has 13 nitrogen and oxygen atoms in total. The van der Waals surface area contributed by atoms with Crippen LogP contribution in [-0.2, 0) is 14.3 Å². The smallest absolute Gasteiger partial charge is 0.340 e. The van der Waals surface area contributed by atoms with Gasteiger partial charge in [0.2, 0.25) is 11.8 Å². The molecule has 37 heavy (non-hydrogen) atoms. The molecule has 3 amide bonds. The zero-order chi connectivity index (χ0) is 27.9. The zero-order valence-corrected chi connectivity index (χ0v) is 21.2. The van der Waals surface area contributed by atoms with Crippen molar-refractivity contribution in [3.63, 3.8) is 0 Å². The Morgan fingerprint density at radius 2 is 1.46 bits per heavy atom. The number of methoxy groups -OCH3 is 3. The lowest BCUT2D eigenvalue weighted by atomic mass is 10.1. The van der Waals surface area contributed by atoms with Crippen molar-refractivity contribution in [2.75, 3.05) is 37.3 Å². The maximum atomic E-state index is 13.3. The minimum absolute atomic E-state index is 0.00436. The average molecular weight is 517 g/mol. The van der Waals surface area contributed by atoms with Crippen LogP contribution >= 0.6 is 0 Å². The lowest BCUT2D eigenvalue weighted by molar-refractivity contribution is -0.385. The van der Waals surface area contributed by atoms with E-state index in [2.05, 4.69) is 16.0 Å². The molecule has 0 saturated heterocycles. The second-order valence-electron chi connectivity index (χ2n) is 8.20. The summed E-state index contributed by atoms with van der Waals surface area (Å²) in [5.74, 6) is -2.62. The van der Waals surface area contributed by atoms with Crippen LogP contribution in [0.3, 0.4) is 0 Å². The largest absolute Gasteiger partial charge is 0.495 e. The Morgan fingerprint density at radius 3 is 1.97 bits per heavy atom.